The van der Waals surface area contributed by atoms with Gasteiger partial charge < -0.3 is 14.7 Å². The van der Waals surface area contributed by atoms with Gasteiger partial charge in [-0.05, 0) is 0 Å². The van der Waals surface area contributed by atoms with Gasteiger partial charge in [0.15, 0.2) is 0 Å². The number of aliphatic carboxylic acids is 1. The van der Waals surface area contributed by atoms with Gasteiger partial charge in [0, 0.05) is 25.6 Å². The largest absolute Gasteiger partial charge is 0.481 e. The maximum Gasteiger partial charge on any atom is 0.309 e. The van der Waals surface area contributed by atoms with Crippen LogP contribution >= 0.6 is 0 Å². The predicted molar refractivity (Wildman–Crippen MR) is 41.9 cm³/mol. The Morgan fingerprint density at radius 3 is 2.58 bits per heavy atom. The van der Waals surface area contributed by atoms with Crippen LogP contribution < -0.4 is 0 Å². The number of likely N-dealkylation sites (tertiary alicyclic amines) is 1. The molecule has 0 aromatic heterocycles. The number of ether oxygens (including phenoxy) is 1. The Bertz CT molecular complexity index is 185. The molecule has 4 nitrogen and oxygen atoms in total. The summed E-state index contributed by atoms with van der Waals surface area (Å²) in [6.07, 6.45) is 0. The van der Waals surface area contributed by atoms with Crippen LogP contribution in [-0.2, 0) is 9.53 Å². The van der Waals surface area contributed by atoms with Gasteiger partial charge in [-0.2, -0.15) is 0 Å². The first kappa shape index (κ1) is 8.01. The monoisotopic (exact) mass is 171 g/mol. The maximum absolute atomic E-state index is 10.4. The average molecular weight is 171 g/mol. The Kier molecular flexibility index (Phi) is 2.02. The van der Waals surface area contributed by atoms with E-state index in [0.29, 0.717) is 5.92 Å². The van der Waals surface area contributed by atoms with E-state index in [1.54, 1.807) is 0 Å². The molecule has 0 spiro atoms. The normalized spacial score (nSPS) is 26.3. The summed E-state index contributed by atoms with van der Waals surface area (Å²) in [6.45, 7) is 4.18. The summed E-state index contributed by atoms with van der Waals surface area (Å²) in [7, 11) is 0. The fourth-order valence-corrected chi connectivity index (χ4v) is 1.63. The molecule has 68 valence electrons. The molecule has 4 heteroatoms. The van der Waals surface area contributed by atoms with E-state index in [2.05, 4.69) is 4.90 Å². The number of carboxylic acids is 1. The summed E-state index contributed by atoms with van der Waals surface area (Å²) < 4.78 is 5.04. The summed E-state index contributed by atoms with van der Waals surface area (Å²) in [5, 5.41) is 8.60. The molecule has 0 aromatic rings. The molecule has 12 heavy (non-hydrogen) atoms. The summed E-state index contributed by atoms with van der Waals surface area (Å²) in [5.74, 6) is -0.123. The van der Waals surface area contributed by atoms with Crippen LogP contribution in [0, 0.1) is 11.8 Å². The lowest BCUT2D eigenvalue weighted by molar-refractivity contribution is -0.149. The van der Waals surface area contributed by atoms with Crippen LogP contribution in [0.3, 0.4) is 0 Å². The van der Waals surface area contributed by atoms with E-state index >= 15 is 0 Å². The van der Waals surface area contributed by atoms with Crippen molar-refractivity contribution in [3.8, 4) is 0 Å². The van der Waals surface area contributed by atoms with E-state index in [1.807, 2.05) is 0 Å². The number of carbonyl (C=O) groups is 1. The van der Waals surface area contributed by atoms with E-state index in [0.717, 1.165) is 32.8 Å². The van der Waals surface area contributed by atoms with E-state index in [-0.39, 0.29) is 5.92 Å². The zero-order valence-electron chi connectivity index (χ0n) is 6.90. The predicted octanol–water partition coefficient (Wildman–Crippen LogP) is -0.351. The highest BCUT2D eigenvalue weighted by molar-refractivity contribution is 5.71. The van der Waals surface area contributed by atoms with Crippen LogP contribution in [0.4, 0.5) is 0 Å². The molecule has 0 amide bonds. The van der Waals surface area contributed by atoms with Gasteiger partial charge in [0.05, 0.1) is 19.1 Å². The summed E-state index contributed by atoms with van der Waals surface area (Å²) in [5.41, 5.74) is 0. The standard InChI is InChI=1S/C8H13NO3/c10-8(11)7-2-9(3-7)1-6-4-12-5-6/h6-7H,1-5H2,(H,10,11). The van der Waals surface area contributed by atoms with E-state index < -0.39 is 5.97 Å². The van der Waals surface area contributed by atoms with Crippen molar-refractivity contribution in [2.24, 2.45) is 11.8 Å². The van der Waals surface area contributed by atoms with Gasteiger partial charge >= 0.3 is 5.97 Å². The van der Waals surface area contributed by atoms with Crippen LogP contribution in [0.15, 0.2) is 0 Å². The molecule has 0 bridgehead atoms. The maximum atomic E-state index is 10.4. The van der Waals surface area contributed by atoms with Crippen molar-refractivity contribution in [2.45, 2.75) is 0 Å². The zero-order chi connectivity index (χ0) is 8.55. The van der Waals surface area contributed by atoms with Crippen LogP contribution in [-0.4, -0.2) is 48.8 Å². The smallest absolute Gasteiger partial charge is 0.309 e. The van der Waals surface area contributed by atoms with Gasteiger partial charge in [0.2, 0.25) is 0 Å². The lowest BCUT2D eigenvalue weighted by Gasteiger charge is -2.40. The lowest BCUT2D eigenvalue weighted by atomic mass is 9.97. The molecule has 1 N–H and O–H groups in total. The summed E-state index contributed by atoms with van der Waals surface area (Å²) in [4.78, 5) is 12.6. The van der Waals surface area contributed by atoms with Crippen molar-refractivity contribution < 1.29 is 14.6 Å². The van der Waals surface area contributed by atoms with Crippen molar-refractivity contribution >= 4 is 5.97 Å². The first-order valence-electron chi connectivity index (χ1n) is 4.28. The molecular weight excluding hydrogens is 158 g/mol. The van der Waals surface area contributed by atoms with Crippen molar-refractivity contribution in [1.29, 1.82) is 0 Å². The highest BCUT2D eigenvalue weighted by Crippen LogP contribution is 2.20. The van der Waals surface area contributed by atoms with Gasteiger partial charge in [-0.1, -0.05) is 0 Å². The van der Waals surface area contributed by atoms with Gasteiger partial charge in [-0.25, -0.2) is 0 Å². The van der Waals surface area contributed by atoms with Crippen molar-refractivity contribution in [2.75, 3.05) is 32.8 Å². The fourth-order valence-electron chi connectivity index (χ4n) is 1.63. The van der Waals surface area contributed by atoms with Crippen LogP contribution in [0.2, 0.25) is 0 Å². The molecule has 2 fully saturated rings. The molecule has 2 saturated heterocycles. The molecule has 0 radical (unpaired) electrons. The average Bonchev–Trinajstić information content (AvgIpc) is 1.79. The minimum absolute atomic E-state index is 0.119. The molecule has 0 aromatic carbocycles. The molecule has 0 saturated carbocycles. The van der Waals surface area contributed by atoms with Crippen molar-refractivity contribution in [1.82, 2.24) is 4.90 Å². The van der Waals surface area contributed by atoms with Crippen LogP contribution in [0.1, 0.15) is 0 Å². The molecule has 2 aliphatic rings. The zero-order valence-corrected chi connectivity index (χ0v) is 6.90. The van der Waals surface area contributed by atoms with Crippen molar-refractivity contribution in [3.05, 3.63) is 0 Å². The number of hydrogen-bond donors (Lipinski definition) is 1. The van der Waals surface area contributed by atoms with E-state index in [9.17, 15) is 4.79 Å². The second-order valence-corrected chi connectivity index (χ2v) is 3.66. The highest BCUT2D eigenvalue weighted by atomic mass is 16.5. The van der Waals surface area contributed by atoms with E-state index in [4.69, 9.17) is 9.84 Å². The lowest BCUT2D eigenvalue weighted by Crippen LogP contribution is -2.53. The van der Waals surface area contributed by atoms with Gasteiger partial charge in [0.1, 0.15) is 0 Å². The second-order valence-electron chi connectivity index (χ2n) is 3.66. The van der Waals surface area contributed by atoms with Crippen LogP contribution in [0.25, 0.3) is 0 Å². The third kappa shape index (κ3) is 1.44. The second kappa shape index (κ2) is 3.03. The molecule has 2 aliphatic heterocycles. The van der Waals surface area contributed by atoms with Crippen LogP contribution in [0.5, 0.6) is 0 Å². The van der Waals surface area contributed by atoms with Crippen molar-refractivity contribution in [3.63, 3.8) is 0 Å². The topological polar surface area (TPSA) is 49.8 Å². The molecule has 2 heterocycles. The first-order valence-corrected chi connectivity index (χ1v) is 4.28. The third-order valence-electron chi connectivity index (χ3n) is 2.53. The van der Waals surface area contributed by atoms with Gasteiger partial charge in [0.25, 0.3) is 0 Å². The Morgan fingerprint density at radius 2 is 2.17 bits per heavy atom. The number of rotatable bonds is 3. The SMILES string of the molecule is O=C(O)C1CN(CC2COC2)C1. The number of nitrogens with zero attached hydrogens (tertiary/aromatic N) is 1. The molecule has 2 rings (SSSR count). The Hall–Kier alpha value is -0.610. The van der Waals surface area contributed by atoms with Gasteiger partial charge in [-0.3, -0.25) is 4.79 Å². The molecule has 0 aliphatic carbocycles. The number of hydrogen-bond acceptors (Lipinski definition) is 3. The molecule has 0 unspecified atom stereocenters. The molecule has 0 atom stereocenters. The third-order valence-corrected chi connectivity index (χ3v) is 2.53. The van der Waals surface area contributed by atoms with E-state index in [1.165, 1.54) is 0 Å². The Labute approximate surface area is 71.1 Å². The van der Waals surface area contributed by atoms with Gasteiger partial charge in [-0.15, -0.1) is 0 Å². The summed E-state index contributed by atoms with van der Waals surface area (Å²) in [6, 6.07) is 0. The summed E-state index contributed by atoms with van der Waals surface area (Å²) >= 11 is 0. The Morgan fingerprint density at radius 1 is 1.50 bits per heavy atom. The Balaban J connectivity index is 1.64. The minimum Gasteiger partial charge on any atom is -0.481 e. The quantitative estimate of drug-likeness (QED) is 0.630. The fraction of sp³-hybridized carbons (Fsp3) is 0.875. The minimum atomic E-state index is -0.656. The molecular formula is C8H13NO3. The highest BCUT2D eigenvalue weighted by Gasteiger charge is 2.34. The first-order chi connectivity index (χ1) is 5.75. The number of carboxylic acid groups (broad SMARTS) is 1.